The Morgan fingerprint density at radius 2 is 2.00 bits per heavy atom. The summed E-state index contributed by atoms with van der Waals surface area (Å²) in [5, 5.41) is 10.4. The topological polar surface area (TPSA) is 45.5 Å². The van der Waals surface area contributed by atoms with Crippen molar-refractivity contribution in [3.63, 3.8) is 0 Å². The van der Waals surface area contributed by atoms with Gasteiger partial charge in [0.25, 0.3) is 0 Å². The van der Waals surface area contributed by atoms with Crippen LogP contribution in [0.3, 0.4) is 0 Å². The highest BCUT2D eigenvalue weighted by atomic mass is 32.1. The number of benzene rings is 2. The van der Waals surface area contributed by atoms with Gasteiger partial charge in [-0.3, -0.25) is 0 Å². The van der Waals surface area contributed by atoms with Gasteiger partial charge in [-0.2, -0.15) is 0 Å². The summed E-state index contributed by atoms with van der Waals surface area (Å²) >= 11 is 1.55. The van der Waals surface area contributed by atoms with Gasteiger partial charge in [0.15, 0.2) is 0 Å². The third-order valence-corrected chi connectivity index (χ3v) is 3.79. The molecule has 94 valence electrons. The zero-order valence-corrected chi connectivity index (χ0v) is 11.2. The van der Waals surface area contributed by atoms with E-state index in [9.17, 15) is 5.11 Å². The molecule has 3 rings (SSSR count). The van der Waals surface area contributed by atoms with Gasteiger partial charge in [-0.25, -0.2) is 9.98 Å². The monoisotopic (exact) mass is 268 g/mol. The molecule has 0 saturated carbocycles. The second-order valence-corrected chi connectivity index (χ2v) is 5.24. The number of aliphatic imine (C=N–C) groups is 1. The third-order valence-electron chi connectivity index (χ3n) is 2.86. The van der Waals surface area contributed by atoms with Gasteiger partial charge in [0, 0.05) is 11.8 Å². The molecule has 3 nitrogen and oxygen atoms in total. The first-order valence-electron chi connectivity index (χ1n) is 5.92. The van der Waals surface area contributed by atoms with Crippen LogP contribution in [0.2, 0.25) is 0 Å². The van der Waals surface area contributed by atoms with Crippen LogP contribution in [0.1, 0.15) is 11.1 Å². The molecule has 0 unspecified atom stereocenters. The van der Waals surface area contributed by atoms with Gasteiger partial charge in [-0.05, 0) is 30.7 Å². The Hall–Kier alpha value is -2.20. The van der Waals surface area contributed by atoms with E-state index in [1.54, 1.807) is 29.7 Å². The minimum Gasteiger partial charge on any atom is -0.507 e. The van der Waals surface area contributed by atoms with E-state index in [2.05, 4.69) is 9.98 Å². The molecule has 3 aromatic rings. The van der Waals surface area contributed by atoms with Gasteiger partial charge in [-0.15, -0.1) is 0 Å². The van der Waals surface area contributed by atoms with Gasteiger partial charge in [0.1, 0.15) is 5.75 Å². The van der Waals surface area contributed by atoms with Crippen LogP contribution >= 0.6 is 11.3 Å². The quantitative estimate of drug-likeness (QED) is 0.712. The largest absolute Gasteiger partial charge is 0.507 e. The molecule has 0 aliphatic carbocycles. The van der Waals surface area contributed by atoms with Gasteiger partial charge in [-0.1, -0.05) is 35.6 Å². The molecule has 0 fully saturated rings. The molecule has 19 heavy (non-hydrogen) atoms. The summed E-state index contributed by atoms with van der Waals surface area (Å²) in [6.45, 7) is 2.04. The minimum atomic E-state index is 0.226. The average molecular weight is 268 g/mol. The lowest BCUT2D eigenvalue weighted by Crippen LogP contribution is -1.80. The van der Waals surface area contributed by atoms with E-state index in [0.717, 1.165) is 15.8 Å². The smallest absolute Gasteiger partial charge is 0.210 e. The predicted octanol–water partition coefficient (Wildman–Crippen LogP) is 4.06. The first kappa shape index (κ1) is 11.9. The van der Waals surface area contributed by atoms with Crippen molar-refractivity contribution in [1.82, 2.24) is 4.98 Å². The van der Waals surface area contributed by atoms with Gasteiger partial charge >= 0.3 is 0 Å². The van der Waals surface area contributed by atoms with Gasteiger partial charge in [0.2, 0.25) is 5.13 Å². The van der Waals surface area contributed by atoms with Crippen molar-refractivity contribution >= 4 is 32.9 Å². The Bertz CT molecular complexity index is 762. The number of rotatable bonds is 2. The number of fused-ring (bicyclic) bond motifs is 1. The van der Waals surface area contributed by atoms with Crippen molar-refractivity contribution in [2.24, 2.45) is 4.99 Å². The molecule has 0 atom stereocenters. The maximum Gasteiger partial charge on any atom is 0.210 e. The number of phenols is 1. The molecule has 2 aromatic carbocycles. The highest BCUT2D eigenvalue weighted by Crippen LogP contribution is 2.29. The maximum absolute atomic E-state index is 9.66. The van der Waals surface area contributed by atoms with Crippen LogP contribution in [0.25, 0.3) is 10.2 Å². The van der Waals surface area contributed by atoms with Crippen LogP contribution in [0.4, 0.5) is 5.13 Å². The standard InChI is InChI=1S/C15H12N2OS/c1-10-5-4-8-13-14(10)17-15(19-13)16-9-11-6-2-3-7-12(11)18/h2-9,18H,1H3. The Balaban J connectivity index is 1.98. The van der Waals surface area contributed by atoms with Crippen LogP contribution in [0, 0.1) is 6.92 Å². The Morgan fingerprint density at radius 1 is 1.16 bits per heavy atom. The predicted molar refractivity (Wildman–Crippen MR) is 79.7 cm³/mol. The van der Waals surface area contributed by atoms with E-state index in [1.165, 1.54) is 0 Å². The van der Waals surface area contributed by atoms with Gasteiger partial charge in [0.05, 0.1) is 10.2 Å². The molecule has 0 radical (unpaired) electrons. The highest BCUT2D eigenvalue weighted by molar-refractivity contribution is 7.22. The molecule has 0 aliphatic heterocycles. The SMILES string of the molecule is Cc1cccc2sc(N=Cc3ccccc3O)nc12. The number of nitrogens with zero attached hydrogens (tertiary/aromatic N) is 2. The zero-order chi connectivity index (χ0) is 13.2. The molecule has 0 spiro atoms. The molecule has 1 aromatic heterocycles. The van der Waals surface area contributed by atoms with E-state index < -0.39 is 0 Å². The molecule has 0 aliphatic rings. The zero-order valence-electron chi connectivity index (χ0n) is 10.4. The van der Waals surface area contributed by atoms with E-state index in [4.69, 9.17) is 0 Å². The lowest BCUT2D eigenvalue weighted by Gasteiger charge is -1.95. The number of hydrogen-bond donors (Lipinski definition) is 1. The summed E-state index contributed by atoms with van der Waals surface area (Å²) in [6.07, 6.45) is 1.64. The van der Waals surface area contributed by atoms with Gasteiger partial charge < -0.3 is 5.11 Å². The van der Waals surface area contributed by atoms with Crippen LogP contribution in [-0.4, -0.2) is 16.3 Å². The summed E-state index contributed by atoms with van der Waals surface area (Å²) in [4.78, 5) is 8.83. The van der Waals surface area contributed by atoms with E-state index in [-0.39, 0.29) is 5.75 Å². The number of aromatic nitrogens is 1. The maximum atomic E-state index is 9.66. The Labute approximate surface area is 114 Å². The summed E-state index contributed by atoms with van der Waals surface area (Å²) in [6, 6.07) is 13.2. The van der Waals surface area contributed by atoms with Crippen molar-refractivity contribution in [3.8, 4) is 5.75 Å². The van der Waals surface area contributed by atoms with Crippen molar-refractivity contribution in [1.29, 1.82) is 0 Å². The summed E-state index contributed by atoms with van der Waals surface area (Å²) in [5.41, 5.74) is 2.84. The lowest BCUT2D eigenvalue weighted by molar-refractivity contribution is 0.474. The van der Waals surface area contributed by atoms with Crippen LogP contribution in [0.5, 0.6) is 5.75 Å². The number of thiazole rings is 1. The second-order valence-electron chi connectivity index (χ2n) is 4.24. The first-order chi connectivity index (χ1) is 9.24. The third kappa shape index (κ3) is 2.35. The average Bonchev–Trinajstić information content (AvgIpc) is 2.82. The fraction of sp³-hybridized carbons (Fsp3) is 0.0667. The Morgan fingerprint density at radius 3 is 2.79 bits per heavy atom. The summed E-state index contributed by atoms with van der Waals surface area (Å²) in [5.74, 6) is 0.226. The lowest BCUT2D eigenvalue weighted by atomic mass is 10.2. The fourth-order valence-corrected chi connectivity index (χ4v) is 2.74. The highest BCUT2D eigenvalue weighted by Gasteiger charge is 2.04. The number of hydrogen-bond acceptors (Lipinski definition) is 4. The number of phenolic OH excluding ortho intramolecular Hbond substituents is 1. The summed E-state index contributed by atoms with van der Waals surface area (Å²) < 4.78 is 1.13. The van der Waals surface area contributed by atoms with E-state index in [0.29, 0.717) is 10.7 Å². The molecule has 1 N–H and O–H groups in total. The van der Waals surface area contributed by atoms with Crippen molar-refractivity contribution in [2.45, 2.75) is 6.92 Å². The number of aromatic hydroxyl groups is 1. The summed E-state index contributed by atoms with van der Waals surface area (Å²) in [7, 11) is 0. The van der Waals surface area contributed by atoms with E-state index >= 15 is 0 Å². The number of para-hydroxylation sites is 2. The molecule has 0 amide bonds. The van der Waals surface area contributed by atoms with Crippen molar-refractivity contribution in [2.75, 3.05) is 0 Å². The first-order valence-corrected chi connectivity index (χ1v) is 6.74. The molecule has 0 saturated heterocycles. The molecule has 0 bridgehead atoms. The molecular weight excluding hydrogens is 256 g/mol. The van der Waals surface area contributed by atoms with Crippen molar-refractivity contribution < 1.29 is 5.11 Å². The Kier molecular flexibility index (Phi) is 3.01. The molecule has 4 heteroatoms. The van der Waals surface area contributed by atoms with Crippen molar-refractivity contribution in [3.05, 3.63) is 53.6 Å². The number of aryl methyl sites for hydroxylation is 1. The van der Waals surface area contributed by atoms with Crippen LogP contribution < -0.4 is 0 Å². The van der Waals surface area contributed by atoms with Crippen LogP contribution in [-0.2, 0) is 0 Å². The molecule has 1 heterocycles. The fourth-order valence-electron chi connectivity index (χ4n) is 1.85. The van der Waals surface area contributed by atoms with Crippen LogP contribution in [0.15, 0.2) is 47.5 Å². The second kappa shape index (κ2) is 4.82. The van der Waals surface area contributed by atoms with E-state index in [1.807, 2.05) is 37.3 Å². The normalized spacial score (nSPS) is 11.4. The minimum absolute atomic E-state index is 0.226. The molecular formula is C15H12N2OS.